The lowest BCUT2D eigenvalue weighted by atomic mass is 9.94. The minimum absolute atomic E-state index is 0.0418. The number of non-ortho nitro benzene ring substituents is 1. The second kappa shape index (κ2) is 6.81. The summed E-state index contributed by atoms with van der Waals surface area (Å²) in [7, 11) is 0. The lowest BCUT2D eigenvalue weighted by Gasteiger charge is -2.29. The second-order valence-electron chi connectivity index (χ2n) is 5.04. The van der Waals surface area contributed by atoms with Crippen molar-refractivity contribution in [2.75, 3.05) is 17.0 Å². The first-order chi connectivity index (χ1) is 9.62. The molecule has 7 heteroatoms. The number of anilines is 2. The minimum atomic E-state index is -0.405. The summed E-state index contributed by atoms with van der Waals surface area (Å²) in [6, 6.07) is 5.16. The summed E-state index contributed by atoms with van der Waals surface area (Å²) in [4.78, 5) is 10.5. The van der Waals surface area contributed by atoms with E-state index in [0.29, 0.717) is 17.0 Å². The van der Waals surface area contributed by atoms with Gasteiger partial charge in [0.1, 0.15) is 0 Å². The molecule has 110 valence electrons. The number of rotatable bonds is 5. The SMILES string of the molecule is CSC1CCCC(Nc2cc(NN)cc([N+](=O)[O-])c2)C1. The second-order valence-corrected chi connectivity index (χ2v) is 6.17. The molecule has 1 aliphatic carbocycles. The average Bonchev–Trinajstić information content (AvgIpc) is 2.47. The van der Waals surface area contributed by atoms with Gasteiger partial charge in [0.05, 0.1) is 10.6 Å². The van der Waals surface area contributed by atoms with E-state index in [1.54, 1.807) is 12.1 Å². The zero-order valence-corrected chi connectivity index (χ0v) is 12.3. The molecule has 1 saturated carbocycles. The van der Waals surface area contributed by atoms with E-state index in [-0.39, 0.29) is 5.69 Å². The van der Waals surface area contributed by atoms with Crippen molar-refractivity contribution in [3.63, 3.8) is 0 Å². The largest absolute Gasteiger partial charge is 0.382 e. The van der Waals surface area contributed by atoms with Gasteiger partial charge in [0.25, 0.3) is 5.69 Å². The van der Waals surface area contributed by atoms with Gasteiger partial charge in [-0.1, -0.05) is 6.42 Å². The fraction of sp³-hybridized carbons (Fsp3) is 0.538. The molecule has 0 aromatic heterocycles. The maximum Gasteiger partial charge on any atom is 0.273 e. The van der Waals surface area contributed by atoms with Crippen molar-refractivity contribution in [2.24, 2.45) is 5.84 Å². The highest BCUT2D eigenvalue weighted by Gasteiger charge is 2.21. The van der Waals surface area contributed by atoms with Crippen LogP contribution in [0.15, 0.2) is 18.2 Å². The van der Waals surface area contributed by atoms with E-state index in [4.69, 9.17) is 5.84 Å². The molecule has 0 radical (unpaired) electrons. The van der Waals surface area contributed by atoms with Crippen molar-refractivity contribution < 1.29 is 4.92 Å². The molecule has 20 heavy (non-hydrogen) atoms. The lowest BCUT2D eigenvalue weighted by Crippen LogP contribution is -2.28. The molecule has 0 saturated heterocycles. The molecule has 2 atom stereocenters. The van der Waals surface area contributed by atoms with Crippen LogP contribution < -0.4 is 16.6 Å². The van der Waals surface area contributed by atoms with Crippen LogP contribution in [0.2, 0.25) is 0 Å². The fourth-order valence-corrected chi connectivity index (χ4v) is 3.44. The Hall–Kier alpha value is -1.47. The third kappa shape index (κ3) is 3.77. The quantitative estimate of drug-likeness (QED) is 0.439. The van der Waals surface area contributed by atoms with Gasteiger partial charge < -0.3 is 10.7 Å². The lowest BCUT2D eigenvalue weighted by molar-refractivity contribution is -0.384. The molecular formula is C13H20N4O2S. The van der Waals surface area contributed by atoms with Crippen molar-refractivity contribution in [1.82, 2.24) is 0 Å². The topological polar surface area (TPSA) is 93.2 Å². The molecule has 1 aromatic rings. The van der Waals surface area contributed by atoms with Gasteiger partial charge in [0.15, 0.2) is 0 Å². The molecule has 0 bridgehead atoms. The van der Waals surface area contributed by atoms with Crippen molar-refractivity contribution >= 4 is 28.8 Å². The van der Waals surface area contributed by atoms with E-state index in [1.165, 1.54) is 18.9 Å². The van der Waals surface area contributed by atoms with Crippen molar-refractivity contribution in [2.45, 2.75) is 37.0 Å². The Labute approximate surface area is 122 Å². The number of benzene rings is 1. The number of nitrogens with zero attached hydrogens (tertiary/aromatic N) is 1. The minimum Gasteiger partial charge on any atom is -0.382 e. The van der Waals surface area contributed by atoms with Crippen LogP contribution in [0.1, 0.15) is 25.7 Å². The highest BCUT2D eigenvalue weighted by atomic mass is 32.2. The summed E-state index contributed by atoms with van der Waals surface area (Å²) in [5.41, 5.74) is 3.80. The number of hydrazine groups is 1. The fourth-order valence-electron chi connectivity index (χ4n) is 2.61. The van der Waals surface area contributed by atoms with Crippen LogP contribution in [0.25, 0.3) is 0 Å². The van der Waals surface area contributed by atoms with Gasteiger partial charge in [-0.2, -0.15) is 11.8 Å². The summed E-state index contributed by atoms with van der Waals surface area (Å²) in [6.45, 7) is 0. The van der Waals surface area contributed by atoms with Gasteiger partial charge in [-0.25, -0.2) is 0 Å². The van der Waals surface area contributed by atoms with Crippen LogP contribution in [0.3, 0.4) is 0 Å². The number of nitro groups is 1. The van der Waals surface area contributed by atoms with Gasteiger partial charge in [0, 0.05) is 29.1 Å². The number of hydrogen-bond acceptors (Lipinski definition) is 6. The first kappa shape index (κ1) is 14.9. The molecule has 1 aromatic carbocycles. The summed E-state index contributed by atoms with van der Waals surface area (Å²) >= 11 is 1.90. The Kier molecular flexibility index (Phi) is 5.08. The summed E-state index contributed by atoms with van der Waals surface area (Å²) < 4.78 is 0. The number of nitrogens with one attached hydrogen (secondary N) is 2. The highest BCUT2D eigenvalue weighted by molar-refractivity contribution is 7.99. The number of nitrogens with two attached hydrogens (primary N) is 1. The summed E-state index contributed by atoms with van der Waals surface area (Å²) in [5.74, 6) is 5.36. The Morgan fingerprint density at radius 2 is 2.10 bits per heavy atom. The molecule has 1 aliphatic rings. The summed E-state index contributed by atoms with van der Waals surface area (Å²) in [5, 5.41) is 15.0. The van der Waals surface area contributed by atoms with E-state index in [1.807, 2.05) is 11.8 Å². The van der Waals surface area contributed by atoms with Crippen LogP contribution >= 0.6 is 11.8 Å². The molecule has 2 rings (SSSR count). The molecule has 0 spiro atoms. The van der Waals surface area contributed by atoms with Crippen LogP contribution in [-0.2, 0) is 0 Å². The zero-order valence-electron chi connectivity index (χ0n) is 11.5. The zero-order chi connectivity index (χ0) is 14.5. The molecule has 4 N–H and O–H groups in total. The molecule has 0 amide bonds. The van der Waals surface area contributed by atoms with E-state index in [0.717, 1.165) is 18.5 Å². The summed E-state index contributed by atoms with van der Waals surface area (Å²) in [6.07, 6.45) is 6.78. The van der Waals surface area contributed by atoms with Gasteiger partial charge >= 0.3 is 0 Å². The Balaban J connectivity index is 2.11. The molecule has 0 aliphatic heterocycles. The standard InChI is InChI=1S/C13H20N4O2S/c1-20-13-4-2-3-9(8-13)15-10-5-11(16-14)7-12(6-10)17(18)19/h5-7,9,13,15-16H,2-4,8,14H2,1H3. The highest BCUT2D eigenvalue weighted by Crippen LogP contribution is 2.30. The first-order valence-corrected chi connectivity index (χ1v) is 7.96. The third-order valence-corrected chi connectivity index (χ3v) is 4.72. The smallest absolute Gasteiger partial charge is 0.273 e. The van der Waals surface area contributed by atoms with E-state index in [2.05, 4.69) is 17.0 Å². The van der Waals surface area contributed by atoms with Crippen LogP contribution in [0.5, 0.6) is 0 Å². The average molecular weight is 296 g/mol. The normalized spacial score (nSPS) is 22.3. The predicted molar refractivity (Wildman–Crippen MR) is 84.1 cm³/mol. The molecule has 1 fully saturated rings. The van der Waals surface area contributed by atoms with Gasteiger partial charge in [-0.15, -0.1) is 0 Å². The van der Waals surface area contributed by atoms with Gasteiger partial charge in [-0.3, -0.25) is 16.0 Å². The maximum absolute atomic E-state index is 10.9. The van der Waals surface area contributed by atoms with Crippen LogP contribution in [0, 0.1) is 10.1 Å². The molecule has 0 heterocycles. The van der Waals surface area contributed by atoms with Crippen molar-refractivity contribution in [1.29, 1.82) is 0 Å². The van der Waals surface area contributed by atoms with E-state index < -0.39 is 4.92 Å². The maximum atomic E-state index is 10.9. The third-order valence-electron chi connectivity index (χ3n) is 3.63. The predicted octanol–water partition coefficient (Wildman–Crippen LogP) is 2.97. The first-order valence-electron chi connectivity index (χ1n) is 6.68. The van der Waals surface area contributed by atoms with Crippen LogP contribution in [-0.4, -0.2) is 22.5 Å². The Morgan fingerprint density at radius 1 is 1.35 bits per heavy atom. The van der Waals surface area contributed by atoms with Crippen molar-refractivity contribution in [3.05, 3.63) is 28.3 Å². The van der Waals surface area contributed by atoms with Crippen LogP contribution in [0.4, 0.5) is 17.1 Å². The molecule has 2 unspecified atom stereocenters. The number of nitro benzene ring substituents is 1. The number of hydrogen-bond donors (Lipinski definition) is 3. The molecular weight excluding hydrogens is 276 g/mol. The monoisotopic (exact) mass is 296 g/mol. The Bertz CT molecular complexity index is 483. The Morgan fingerprint density at radius 3 is 2.75 bits per heavy atom. The number of thioether (sulfide) groups is 1. The van der Waals surface area contributed by atoms with Crippen molar-refractivity contribution in [3.8, 4) is 0 Å². The van der Waals surface area contributed by atoms with E-state index >= 15 is 0 Å². The molecule has 6 nitrogen and oxygen atoms in total. The van der Waals surface area contributed by atoms with Gasteiger partial charge in [0.2, 0.25) is 0 Å². The number of nitrogen functional groups attached to an aromatic ring is 1. The van der Waals surface area contributed by atoms with E-state index in [9.17, 15) is 10.1 Å². The van der Waals surface area contributed by atoms with Gasteiger partial charge in [-0.05, 0) is 31.6 Å².